The summed E-state index contributed by atoms with van der Waals surface area (Å²) in [6, 6.07) is 0. The summed E-state index contributed by atoms with van der Waals surface area (Å²) in [7, 11) is 2.68. The van der Waals surface area contributed by atoms with Crippen molar-refractivity contribution in [2.24, 2.45) is 0 Å². The maximum absolute atomic E-state index is 9.55. The molecule has 0 aromatic heterocycles. The fourth-order valence-electron chi connectivity index (χ4n) is 1.16. The van der Waals surface area contributed by atoms with Crippen LogP contribution in [0.4, 0.5) is 0 Å². The van der Waals surface area contributed by atoms with Gasteiger partial charge in [0, 0.05) is 14.2 Å². The first kappa shape index (κ1) is 14.8. The van der Waals surface area contributed by atoms with E-state index in [1.807, 2.05) is 0 Å². The number of methoxy groups -OCH3 is 2. The first-order valence-electron chi connectivity index (χ1n) is 4.70. The van der Waals surface area contributed by atoms with Crippen molar-refractivity contribution in [3.63, 3.8) is 0 Å². The van der Waals surface area contributed by atoms with Gasteiger partial charge in [-0.05, 0) is 6.92 Å². The zero-order chi connectivity index (χ0) is 12.0. The number of rotatable bonds is 7. The zero-order valence-electron chi connectivity index (χ0n) is 9.20. The van der Waals surface area contributed by atoms with Gasteiger partial charge >= 0.3 is 0 Å². The summed E-state index contributed by atoms with van der Waals surface area (Å²) in [4.78, 5) is 0. The lowest BCUT2D eigenvalue weighted by atomic mass is 10.00. The van der Waals surface area contributed by atoms with Crippen LogP contribution in [0.5, 0.6) is 0 Å². The van der Waals surface area contributed by atoms with Gasteiger partial charge in [0.2, 0.25) is 0 Å². The van der Waals surface area contributed by atoms with Crippen LogP contribution in [0.3, 0.4) is 0 Å². The minimum Gasteiger partial charge on any atom is -0.394 e. The Morgan fingerprint density at radius 2 is 1.47 bits per heavy atom. The summed E-state index contributed by atoms with van der Waals surface area (Å²) < 4.78 is 9.54. The van der Waals surface area contributed by atoms with Crippen molar-refractivity contribution < 1.29 is 29.9 Å². The lowest BCUT2D eigenvalue weighted by molar-refractivity contribution is -0.148. The summed E-state index contributed by atoms with van der Waals surface area (Å²) >= 11 is 0. The van der Waals surface area contributed by atoms with E-state index in [2.05, 4.69) is 0 Å². The average molecular weight is 224 g/mol. The second kappa shape index (κ2) is 7.10. The number of aliphatic hydroxyl groups excluding tert-OH is 4. The number of aliphatic hydroxyl groups is 4. The van der Waals surface area contributed by atoms with E-state index in [1.54, 1.807) is 6.92 Å². The molecule has 15 heavy (non-hydrogen) atoms. The molecule has 5 unspecified atom stereocenters. The molecule has 92 valence electrons. The molecular weight excluding hydrogens is 204 g/mol. The third-order valence-corrected chi connectivity index (χ3v) is 2.42. The number of hydrogen-bond acceptors (Lipinski definition) is 6. The fourth-order valence-corrected chi connectivity index (χ4v) is 1.16. The van der Waals surface area contributed by atoms with Crippen LogP contribution in [0, 0.1) is 0 Å². The molecule has 0 aromatic carbocycles. The molecule has 0 aliphatic heterocycles. The van der Waals surface area contributed by atoms with Crippen LogP contribution in [0.1, 0.15) is 6.92 Å². The lowest BCUT2D eigenvalue weighted by Gasteiger charge is -2.29. The highest BCUT2D eigenvalue weighted by Gasteiger charge is 2.33. The molecule has 0 saturated carbocycles. The maximum Gasteiger partial charge on any atom is 0.111 e. The fraction of sp³-hybridized carbons (Fsp3) is 1.00. The van der Waals surface area contributed by atoms with Crippen LogP contribution in [0.15, 0.2) is 0 Å². The molecule has 0 radical (unpaired) electrons. The molecule has 0 saturated heterocycles. The second-order valence-electron chi connectivity index (χ2n) is 3.37. The molecule has 0 spiro atoms. The summed E-state index contributed by atoms with van der Waals surface area (Å²) in [5, 5.41) is 37.4. The largest absolute Gasteiger partial charge is 0.394 e. The SMILES string of the molecule is COC(C)C(O)C(O)C(O)C(CO)OC. The van der Waals surface area contributed by atoms with Crippen molar-refractivity contribution in [3.8, 4) is 0 Å². The van der Waals surface area contributed by atoms with Crippen LogP contribution in [0.2, 0.25) is 0 Å². The van der Waals surface area contributed by atoms with Crippen molar-refractivity contribution in [1.82, 2.24) is 0 Å². The molecule has 0 heterocycles. The van der Waals surface area contributed by atoms with Gasteiger partial charge in [-0.25, -0.2) is 0 Å². The van der Waals surface area contributed by atoms with E-state index in [4.69, 9.17) is 14.6 Å². The van der Waals surface area contributed by atoms with E-state index < -0.39 is 37.1 Å². The second-order valence-corrected chi connectivity index (χ2v) is 3.37. The minimum absolute atomic E-state index is 0.442. The minimum atomic E-state index is -1.43. The topological polar surface area (TPSA) is 99.4 Å². The molecule has 0 rings (SSSR count). The Labute approximate surface area is 89.1 Å². The van der Waals surface area contributed by atoms with Gasteiger partial charge in [0.25, 0.3) is 0 Å². The summed E-state index contributed by atoms with van der Waals surface area (Å²) in [5.41, 5.74) is 0. The van der Waals surface area contributed by atoms with Crippen LogP contribution >= 0.6 is 0 Å². The van der Waals surface area contributed by atoms with E-state index in [9.17, 15) is 15.3 Å². The molecule has 0 bridgehead atoms. The molecule has 0 aliphatic rings. The highest BCUT2D eigenvalue weighted by atomic mass is 16.5. The van der Waals surface area contributed by atoms with Crippen LogP contribution in [0.25, 0.3) is 0 Å². The van der Waals surface area contributed by atoms with E-state index in [0.29, 0.717) is 0 Å². The lowest BCUT2D eigenvalue weighted by Crippen LogP contribution is -2.50. The summed E-state index contributed by atoms with van der Waals surface area (Å²) in [6.45, 7) is 1.12. The first-order valence-corrected chi connectivity index (χ1v) is 4.70. The quantitative estimate of drug-likeness (QED) is 0.403. The van der Waals surface area contributed by atoms with Crippen molar-refractivity contribution in [2.75, 3.05) is 20.8 Å². The van der Waals surface area contributed by atoms with Gasteiger partial charge in [-0.3, -0.25) is 0 Å². The molecule has 0 fully saturated rings. The van der Waals surface area contributed by atoms with E-state index in [1.165, 1.54) is 14.2 Å². The van der Waals surface area contributed by atoms with E-state index in [0.717, 1.165) is 0 Å². The maximum atomic E-state index is 9.55. The third-order valence-electron chi connectivity index (χ3n) is 2.42. The smallest absolute Gasteiger partial charge is 0.111 e. The Kier molecular flexibility index (Phi) is 6.99. The van der Waals surface area contributed by atoms with Gasteiger partial charge in [-0.1, -0.05) is 0 Å². The van der Waals surface area contributed by atoms with Gasteiger partial charge < -0.3 is 29.9 Å². The molecule has 4 N–H and O–H groups in total. The summed E-state index contributed by atoms with van der Waals surface area (Å²) in [5.74, 6) is 0. The van der Waals surface area contributed by atoms with Crippen LogP contribution < -0.4 is 0 Å². The van der Waals surface area contributed by atoms with Gasteiger partial charge in [-0.2, -0.15) is 0 Å². The summed E-state index contributed by atoms with van der Waals surface area (Å²) in [6.07, 6.45) is -5.59. The average Bonchev–Trinajstić information content (AvgIpc) is 2.27. The normalized spacial score (nSPS) is 21.8. The van der Waals surface area contributed by atoms with Gasteiger partial charge in [0.05, 0.1) is 12.7 Å². The molecule has 0 aliphatic carbocycles. The monoisotopic (exact) mass is 224 g/mol. The zero-order valence-corrected chi connectivity index (χ0v) is 9.20. The number of hydrogen-bond donors (Lipinski definition) is 4. The van der Waals surface area contributed by atoms with Crippen molar-refractivity contribution in [2.45, 2.75) is 37.4 Å². The molecule has 0 amide bonds. The Balaban J connectivity index is 4.34. The molecule has 6 nitrogen and oxygen atoms in total. The van der Waals surface area contributed by atoms with E-state index >= 15 is 0 Å². The molecule has 6 heteroatoms. The molecule has 5 atom stereocenters. The van der Waals surface area contributed by atoms with Gasteiger partial charge in [0.1, 0.15) is 24.4 Å². The Morgan fingerprint density at radius 3 is 1.80 bits per heavy atom. The standard InChI is InChI=1S/C9H20O6/c1-5(14-2)7(11)9(13)8(12)6(4-10)15-3/h5-13H,4H2,1-3H3. The van der Waals surface area contributed by atoms with Gasteiger partial charge in [0.15, 0.2) is 0 Å². The molecule has 0 aromatic rings. The first-order chi connectivity index (χ1) is 6.99. The van der Waals surface area contributed by atoms with Gasteiger partial charge in [-0.15, -0.1) is 0 Å². The van der Waals surface area contributed by atoms with Crippen LogP contribution in [-0.2, 0) is 9.47 Å². The van der Waals surface area contributed by atoms with Crippen molar-refractivity contribution in [1.29, 1.82) is 0 Å². The van der Waals surface area contributed by atoms with E-state index in [-0.39, 0.29) is 0 Å². The third kappa shape index (κ3) is 4.02. The van der Waals surface area contributed by atoms with Crippen LogP contribution in [-0.4, -0.2) is 71.8 Å². The Hall–Kier alpha value is -0.240. The Bertz CT molecular complexity index is 161. The molecular formula is C9H20O6. The highest BCUT2D eigenvalue weighted by Crippen LogP contribution is 2.11. The number of ether oxygens (including phenoxy) is 2. The Morgan fingerprint density at radius 1 is 0.933 bits per heavy atom. The predicted molar refractivity (Wildman–Crippen MR) is 52.4 cm³/mol. The highest BCUT2D eigenvalue weighted by molar-refractivity contribution is 4.84. The predicted octanol–water partition coefficient (Wildman–Crippen LogP) is -1.89. The van der Waals surface area contributed by atoms with Crippen molar-refractivity contribution in [3.05, 3.63) is 0 Å². The van der Waals surface area contributed by atoms with Crippen molar-refractivity contribution >= 4 is 0 Å².